The summed E-state index contributed by atoms with van der Waals surface area (Å²) in [5.41, 5.74) is 3.94. The van der Waals surface area contributed by atoms with Gasteiger partial charge in [-0.3, -0.25) is 4.79 Å². The Morgan fingerprint density at radius 2 is 1.70 bits per heavy atom. The van der Waals surface area contributed by atoms with Crippen LogP contribution in [0.5, 0.6) is 11.5 Å². The number of rotatable bonds is 6. The van der Waals surface area contributed by atoms with Gasteiger partial charge in [0.15, 0.2) is 0 Å². The first kappa shape index (κ1) is 22.2. The van der Waals surface area contributed by atoms with Gasteiger partial charge < -0.3 is 9.47 Å². The van der Waals surface area contributed by atoms with Crippen LogP contribution in [0.1, 0.15) is 26.3 Å². The molecule has 164 valence electrons. The van der Waals surface area contributed by atoms with Crippen LogP contribution in [-0.2, 0) is 0 Å². The zero-order valence-electron chi connectivity index (χ0n) is 17.6. The number of hydrogen-bond donors (Lipinski definition) is 1. The van der Waals surface area contributed by atoms with Crippen molar-refractivity contribution in [1.82, 2.24) is 5.43 Å². The molecule has 0 aliphatic rings. The minimum Gasteiger partial charge on any atom is -0.497 e. The quantitative estimate of drug-likeness (QED) is 0.161. The number of ether oxygens (including phenoxy) is 2. The number of halogens is 1. The molecule has 0 aliphatic heterocycles. The van der Waals surface area contributed by atoms with Gasteiger partial charge >= 0.3 is 5.97 Å². The number of nitrogens with zero attached hydrogens (tertiary/aromatic N) is 1. The number of nitrogens with one attached hydrogen (secondary N) is 1. The van der Waals surface area contributed by atoms with E-state index in [1.165, 1.54) is 6.21 Å². The summed E-state index contributed by atoms with van der Waals surface area (Å²) < 4.78 is 11.6. The van der Waals surface area contributed by atoms with Gasteiger partial charge in [-0.1, -0.05) is 52.3 Å². The average Bonchev–Trinajstić information content (AvgIpc) is 2.85. The van der Waals surface area contributed by atoms with E-state index in [-0.39, 0.29) is 5.91 Å². The van der Waals surface area contributed by atoms with Crippen molar-refractivity contribution in [2.24, 2.45) is 5.10 Å². The summed E-state index contributed by atoms with van der Waals surface area (Å²) in [6.45, 7) is 0. The lowest BCUT2D eigenvalue weighted by atomic mass is 10.0. The highest BCUT2D eigenvalue weighted by molar-refractivity contribution is 9.10. The molecule has 4 aromatic carbocycles. The van der Waals surface area contributed by atoms with E-state index >= 15 is 0 Å². The van der Waals surface area contributed by atoms with Crippen LogP contribution < -0.4 is 14.9 Å². The molecule has 0 saturated carbocycles. The standard InChI is InChI=1S/C26H19BrN2O4/c1-32-21-12-9-18(10-13-21)26(31)33-24-14-11-17-5-2-3-8-22(17)23(24)16-28-29-25(30)19-6-4-7-20(27)15-19/h2-16H,1H3,(H,29,30). The van der Waals surface area contributed by atoms with Crippen LogP contribution in [0, 0.1) is 0 Å². The van der Waals surface area contributed by atoms with Gasteiger partial charge in [0, 0.05) is 15.6 Å². The van der Waals surface area contributed by atoms with Gasteiger partial charge in [-0.05, 0) is 59.3 Å². The number of esters is 1. The van der Waals surface area contributed by atoms with Crippen molar-refractivity contribution in [3.63, 3.8) is 0 Å². The predicted octanol–water partition coefficient (Wildman–Crippen LogP) is 5.59. The number of hydrogen-bond acceptors (Lipinski definition) is 5. The number of methoxy groups -OCH3 is 1. The molecule has 7 heteroatoms. The van der Waals surface area contributed by atoms with Crippen molar-refractivity contribution in [3.8, 4) is 11.5 Å². The smallest absolute Gasteiger partial charge is 0.343 e. The van der Waals surface area contributed by atoms with E-state index < -0.39 is 5.97 Å². The number of amides is 1. The van der Waals surface area contributed by atoms with Crippen molar-refractivity contribution in [2.45, 2.75) is 0 Å². The second-order valence-electron chi connectivity index (χ2n) is 7.03. The number of carbonyl (C=O) groups is 2. The number of carbonyl (C=O) groups excluding carboxylic acids is 2. The van der Waals surface area contributed by atoms with Crippen LogP contribution in [0.3, 0.4) is 0 Å². The lowest BCUT2D eigenvalue weighted by Crippen LogP contribution is -2.17. The number of fused-ring (bicyclic) bond motifs is 1. The van der Waals surface area contributed by atoms with Gasteiger partial charge in [-0.15, -0.1) is 0 Å². The van der Waals surface area contributed by atoms with Gasteiger partial charge in [-0.25, -0.2) is 10.2 Å². The first-order valence-corrected chi connectivity index (χ1v) is 10.8. The van der Waals surface area contributed by atoms with Crippen molar-refractivity contribution in [3.05, 3.63) is 106 Å². The molecule has 0 aromatic heterocycles. The Hall–Kier alpha value is -3.97. The molecular weight excluding hydrogens is 484 g/mol. The SMILES string of the molecule is COc1ccc(C(=O)Oc2ccc3ccccc3c2C=NNC(=O)c2cccc(Br)c2)cc1. The molecule has 0 unspecified atom stereocenters. The lowest BCUT2D eigenvalue weighted by molar-refractivity contribution is 0.0734. The van der Waals surface area contributed by atoms with E-state index in [2.05, 4.69) is 26.5 Å². The van der Waals surface area contributed by atoms with E-state index in [0.717, 1.165) is 15.2 Å². The molecular formula is C26H19BrN2O4. The molecule has 0 radical (unpaired) electrons. The Labute approximate surface area is 199 Å². The fourth-order valence-corrected chi connectivity index (χ4v) is 3.63. The van der Waals surface area contributed by atoms with Crippen molar-refractivity contribution in [1.29, 1.82) is 0 Å². The molecule has 1 amide bonds. The molecule has 0 fully saturated rings. The average molecular weight is 503 g/mol. The van der Waals surface area contributed by atoms with Crippen LogP contribution >= 0.6 is 15.9 Å². The first-order chi connectivity index (χ1) is 16.0. The maximum absolute atomic E-state index is 12.7. The summed E-state index contributed by atoms with van der Waals surface area (Å²) >= 11 is 3.35. The summed E-state index contributed by atoms with van der Waals surface area (Å²) in [5, 5.41) is 5.89. The summed E-state index contributed by atoms with van der Waals surface area (Å²) in [5.74, 6) is 0.103. The van der Waals surface area contributed by atoms with Crippen LogP contribution in [0.4, 0.5) is 0 Å². The van der Waals surface area contributed by atoms with E-state index in [0.29, 0.717) is 28.2 Å². The van der Waals surface area contributed by atoms with Crippen LogP contribution in [-0.4, -0.2) is 25.2 Å². The molecule has 1 N–H and O–H groups in total. The number of hydrazone groups is 1. The highest BCUT2D eigenvalue weighted by atomic mass is 79.9. The maximum atomic E-state index is 12.7. The zero-order chi connectivity index (χ0) is 23.2. The highest BCUT2D eigenvalue weighted by Crippen LogP contribution is 2.27. The summed E-state index contributed by atoms with van der Waals surface area (Å²) in [6, 6.07) is 24.9. The molecule has 4 rings (SSSR count). The molecule has 4 aromatic rings. The third kappa shape index (κ3) is 5.27. The Morgan fingerprint density at radius 1 is 0.909 bits per heavy atom. The van der Waals surface area contributed by atoms with Gasteiger partial charge in [0.1, 0.15) is 11.5 Å². The van der Waals surface area contributed by atoms with Gasteiger partial charge in [0.2, 0.25) is 0 Å². The normalized spacial score (nSPS) is 10.8. The zero-order valence-corrected chi connectivity index (χ0v) is 19.2. The van der Waals surface area contributed by atoms with Gasteiger partial charge in [0.05, 0.1) is 18.9 Å². The maximum Gasteiger partial charge on any atom is 0.343 e. The molecule has 0 spiro atoms. The second-order valence-corrected chi connectivity index (χ2v) is 7.94. The Morgan fingerprint density at radius 3 is 2.45 bits per heavy atom. The van der Waals surface area contributed by atoms with Crippen LogP contribution in [0.2, 0.25) is 0 Å². The first-order valence-electron chi connectivity index (χ1n) is 10.0. The second kappa shape index (κ2) is 10.1. The Kier molecular flexibility index (Phi) is 6.80. The third-order valence-electron chi connectivity index (χ3n) is 4.91. The minimum absolute atomic E-state index is 0.329. The minimum atomic E-state index is -0.513. The Balaban J connectivity index is 1.61. The van der Waals surface area contributed by atoms with E-state index in [9.17, 15) is 9.59 Å². The molecule has 0 bridgehead atoms. The largest absolute Gasteiger partial charge is 0.497 e. The summed E-state index contributed by atoms with van der Waals surface area (Å²) in [4.78, 5) is 25.1. The molecule has 33 heavy (non-hydrogen) atoms. The van der Waals surface area contributed by atoms with Crippen LogP contribution in [0.15, 0.2) is 94.5 Å². The fourth-order valence-electron chi connectivity index (χ4n) is 3.23. The van der Waals surface area contributed by atoms with Crippen molar-refractivity contribution < 1.29 is 19.1 Å². The molecule has 0 aliphatic carbocycles. The van der Waals surface area contributed by atoms with E-state index in [1.807, 2.05) is 36.4 Å². The van der Waals surface area contributed by atoms with Gasteiger partial charge in [0.25, 0.3) is 5.91 Å². The topological polar surface area (TPSA) is 77.0 Å². The lowest BCUT2D eigenvalue weighted by Gasteiger charge is -2.11. The van der Waals surface area contributed by atoms with Crippen molar-refractivity contribution in [2.75, 3.05) is 7.11 Å². The van der Waals surface area contributed by atoms with E-state index in [4.69, 9.17) is 9.47 Å². The monoisotopic (exact) mass is 502 g/mol. The van der Waals surface area contributed by atoms with Crippen LogP contribution in [0.25, 0.3) is 10.8 Å². The van der Waals surface area contributed by atoms with Gasteiger partial charge in [-0.2, -0.15) is 5.10 Å². The molecule has 0 heterocycles. The molecule has 6 nitrogen and oxygen atoms in total. The van der Waals surface area contributed by atoms with E-state index in [1.54, 1.807) is 55.6 Å². The Bertz CT molecular complexity index is 1350. The highest BCUT2D eigenvalue weighted by Gasteiger charge is 2.14. The number of benzene rings is 4. The van der Waals surface area contributed by atoms with Crippen molar-refractivity contribution >= 4 is 44.8 Å². The summed E-state index contributed by atoms with van der Waals surface area (Å²) in [6.07, 6.45) is 1.48. The predicted molar refractivity (Wildman–Crippen MR) is 131 cm³/mol. The molecule has 0 saturated heterocycles. The fraction of sp³-hybridized carbons (Fsp3) is 0.0385. The third-order valence-corrected chi connectivity index (χ3v) is 5.40. The summed E-state index contributed by atoms with van der Waals surface area (Å²) in [7, 11) is 1.56. The molecule has 0 atom stereocenters.